The Labute approximate surface area is 306 Å². The first-order valence-electron chi connectivity index (χ1n) is 16.8. The molecule has 0 heterocycles. The van der Waals surface area contributed by atoms with Crippen LogP contribution >= 0.6 is 0 Å². The maximum absolute atomic E-state index is 2.66. The summed E-state index contributed by atoms with van der Waals surface area (Å²) in [6, 6.07) is 23.4. The van der Waals surface area contributed by atoms with Crippen molar-refractivity contribution in [3.8, 4) is 0 Å². The fourth-order valence-electron chi connectivity index (χ4n) is 8.24. The number of aryl methyl sites for hydroxylation is 6. The molecule has 5 rings (SSSR count). The van der Waals surface area contributed by atoms with Gasteiger partial charge in [-0.3, -0.25) is 0 Å². The molecule has 0 spiro atoms. The Balaban J connectivity index is 0.00000235. The van der Waals surface area contributed by atoms with Crippen molar-refractivity contribution in [2.24, 2.45) is 17.8 Å². The van der Waals surface area contributed by atoms with E-state index in [9.17, 15) is 0 Å². The third-order valence-corrected chi connectivity index (χ3v) is 17.6. The van der Waals surface area contributed by atoms with Gasteiger partial charge >= 0.3 is 271 Å². The van der Waals surface area contributed by atoms with Gasteiger partial charge < -0.3 is 37.2 Å². The Bertz CT molecular complexity index is 1280. The molecule has 2 aliphatic carbocycles. The monoisotopic (exact) mass is 712 g/mol. The molecule has 1 saturated carbocycles. The number of rotatable bonds is 10. The standard InChI is InChI=1S/C40H51Si.3ClH.Ti/c1-8-29-19-30(9-2)23-36(22-29)41(37-24-31(10-3)20-32(11-4)25-37,38-26-33(12-5)21-34(13-6)27-38)40-28(7)18-35-16-14-15-17-39(35)40;;;;/h14-28,35,39-40H,8-13H2,1-7H3;3*1H;/q;;;;+3/p-3. The van der Waals surface area contributed by atoms with Crippen LogP contribution < -0.4 is 52.8 Å². The van der Waals surface area contributed by atoms with Crippen molar-refractivity contribution in [1.29, 1.82) is 0 Å². The minimum atomic E-state index is -2.57. The average Bonchev–Trinajstić information content (AvgIpc) is 3.30. The Morgan fingerprint density at radius 3 is 1.07 bits per heavy atom. The van der Waals surface area contributed by atoms with Gasteiger partial charge in [0.1, 0.15) is 0 Å². The maximum Gasteiger partial charge on any atom is -1.00 e. The van der Waals surface area contributed by atoms with Crippen LogP contribution in [0.4, 0.5) is 0 Å². The van der Waals surface area contributed by atoms with Gasteiger partial charge in [-0.05, 0) is 0 Å². The molecule has 2 aliphatic rings. The van der Waals surface area contributed by atoms with Crippen molar-refractivity contribution in [2.75, 3.05) is 0 Å². The zero-order valence-electron chi connectivity index (χ0n) is 28.3. The van der Waals surface area contributed by atoms with Crippen molar-refractivity contribution >= 4 is 23.6 Å². The molecular formula is C40H51Cl3SiTi. The fourth-order valence-corrected chi connectivity index (χ4v) is 15.9. The smallest absolute Gasteiger partial charge is 1.00 e. The molecule has 5 atom stereocenters. The van der Waals surface area contributed by atoms with Gasteiger partial charge in [0, 0.05) is 0 Å². The minimum Gasteiger partial charge on any atom is -1.00 e. The van der Waals surface area contributed by atoms with Gasteiger partial charge in [-0.15, -0.1) is 0 Å². The maximum atomic E-state index is 2.66. The minimum absolute atomic E-state index is 0. The van der Waals surface area contributed by atoms with Gasteiger partial charge in [-0.25, -0.2) is 0 Å². The van der Waals surface area contributed by atoms with E-state index in [4.69, 9.17) is 0 Å². The van der Waals surface area contributed by atoms with Crippen molar-refractivity contribution in [3.63, 3.8) is 0 Å². The van der Waals surface area contributed by atoms with Crippen LogP contribution in [-0.2, 0) is 59.0 Å². The molecule has 5 unspecified atom stereocenters. The molecule has 0 aromatic heterocycles. The van der Waals surface area contributed by atoms with E-state index in [1.54, 1.807) is 15.6 Å². The summed E-state index contributed by atoms with van der Waals surface area (Å²) in [6.07, 6.45) is 16.3. The first kappa shape index (κ1) is 40.1. The molecule has 240 valence electrons. The summed E-state index contributed by atoms with van der Waals surface area (Å²) < 4.78 is 0.660. The fraction of sp³-hybridized carbons (Fsp3) is 0.450. The Kier molecular flexibility index (Phi) is 15.5. The normalized spacial score (nSPS) is 21.8. The molecule has 1 fully saturated rings. The summed E-state index contributed by atoms with van der Waals surface area (Å²) in [4.78, 5) is 0. The molecular weight excluding hydrogens is 663 g/mol. The van der Waals surface area contributed by atoms with Crippen LogP contribution in [0, 0.1) is 17.8 Å². The number of benzene rings is 3. The Hall–Kier alpha value is -1.06. The summed E-state index contributed by atoms with van der Waals surface area (Å²) in [5.41, 5.74) is 9.59. The second-order valence-electron chi connectivity index (χ2n) is 12.9. The van der Waals surface area contributed by atoms with Crippen molar-refractivity contribution in [3.05, 3.63) is 112 Å². The van der Waals surface area contributed by atoms with Crippen LogP contribution in [0.2, 0.25) is 9.76 Å². The number of hydrogen-bond donors (Lipinski definition) is 0. The molecule has 5 heteroatoms. The van der Waals surface area contributed by atoms with Gasteiger partial charge in [0.25, 0.3) is 0 Å². The predicted octanol–water partition coefficient (Wildman–Crippen LogP) is -0.743. The Morgan fingerprint density at radius 2 is 0.778 bits per heavy atom. The third kappa shape index (κ3) is 7.50. The molecule has 0 aliphatic heterocycles. The molecule has 0 N–H and O–H groups in total. The zero-order chi connectivity index (χ0) is 30.0. The molecule has 3 aromatic carbocycles. The van der Waals surface area contributed by atoms with Gasteiger partial charge in [-0.1, -0.05) is 0 Å². The van der Waals surface area contributed by atoms with E-state index in [-0.39, 0.29) is 37.2 Å². The number of halogens is 3. The van der Waals surface area contributed by atoms with Crippen LogP contribution in [0.3, 0.4) is 0 Å². The molecule has 0 radical (unpaired) electrons. The van der Waals surface area contributed by atoms with Gasteiger partial charge in [0.2, 0.25) is 0 Å². The van der Waals surface area contributed by atoms with E-state index in [0.29, 0.717) is 27.5 Å². The predicted molar refractivity (Wildman–Crippen MR) is 182 cm³/mol. The SMILES string of the molecule is CCc1cc(CC)cc([Si](c2cc(CC)cc(CC)c2)(c2cc(CC)cc(CC)c2)C2C(C)[CH]([Ti+3])C3C=CC=CC32)c1.[Cl-].[Cl-].[Cl-]. The van der Waals surface area contributed by atoms with Crippen LogP contribution in [0.15, 0.2) is 78.9 Å². The molecule has 45 heavy (non-hydrogen) atoms. The van der Waals surface area contributed by atoms with E-state index in [1.807, 2.05) is 0 Å². The van der Waals surface area contributed by atoms with Gasteiger partial charge in [0.15, 0.2) is 0 Å². The zero-order valence-corrected chi connectivity index (χ0v) is 33.1. The van der Waals surface area contributed by atoms with Gasteiger partial charge in [0.05, 0.1) is 0 Å². The van der Waals surface area contributed by atoms with Crippen LogP contribution in [0.1, 0.15) is 81.8 Å². The molecule has 0 bridgehead atoms. The van der Waals surface area contributed by atoms with E-state index in [1.165, 1.54) is 33.4 Å². The quantitative estimate of drug-likeness (QED) is 0.192. The molecule has 0 amide bonds. The van der Waals surface area contributed by atoms with Crippen LogP contribution in [-0.4, -0.2) is 8.07 Å². The Morgan fingerprint density at radius 1 is 0.489 bits per heavy atom. The summed E-state index contributed by atoms with van der Waals surface area (Å²) in [6.45, 7) is 16.6. The second kappa shape index (κ2) is 17.4. The van der Waals surface area contributed by atoms with Gasteiger partial charge in [-0.2, -0.15) is 0 Å². The average molecular weight is 714 g/mol. The van der Waals surface area contributed by atoms with Crippen molar-refractivity contribution in [1.82, 2.24) is 0 Å². The van der Waals surface area contributed by atoms with E-state index >= 15 is 0 Å². The van der Waals surface area contributed by atoms with Crippen LogP contribution in [0.5, 0.6) is 0 Å². The molecule has 0 saturated heterocycles. The summed E-state index contributed by atoms with van der Waals surface area (Å²) in [5.74, 6) is 1.80. The molecule has 3 aromatic rings. The number of hydrogen-bond acceptors (Lipinski definition) is 0. The summed E-state index contributed by atoms with van der Waals surface area (Å²) in [7, 11) is -2.57. The number of fused-ring (bicyclic) bond motifs is 1. The first-order valence-corrected chi connectivity index (χ1v) is 19.8. The van der Waals surface area contributed by atoms with E-state index in [0.717, 1.165) is 38.5 Å². The van der Waals surface area contributed by atoms with E-state index in [2.05, 4.69) is 148 Å². The van der Waals surface area contributed by atoms with Crippen molar-refractivity contribution < 1.29 is 57.7 Å². The van der Waals surface area contributed by atoms with E-state index < -0.39 is 8.07 Å². The number of allylic oxidation sites excluding steroid dienone is 4. The van der Waals surface area contributed by atoms with Crippen LogP contribution in [0.25, 0.3) is 0 Å². The third-order valence-electron chi connectivity index (χ3n) is 10.7. The topological polar surface area (TPSA) is 0 Å². The largest absolute Gasteiger partial charge is 1.00 e. The summed E-state index contributed by atoms with van der Waals surface area (Å²) in [5, 5.41) is 4.95. The molecule has 0 nitrogen and oxygen atoms in total. The van der Waals surface area contributed by atoms with Crippen molar-refractivity contribution in [2.45, 2.75) is 96.8 Å². The second-order valence-corrected chi connectivity index (χ2v) is 17.9. The first-order chi connectivity index (χ1) is 20.3. The summed E-state index contributed by atoms with van der Waals surface area (Å²) >= 11 is 2.55.